The number of nitrogens with zero attached hydrogens (tertiary/aromatic N) is 1. The first-order chi connectivity index (χ1) is 6.47. The van der Waals surface area contributed by atoms with Gasteiger partial charge in [-0.1, -0.05) is 6.92 Å². The molecule has 0 aromatic rings. The Labute approximate surface area is 87.0 Å². The first-order valence-electron chi connectivity index (χ1n) is 4.62. The van der Waals surface area contributed by atoms with Crippen LogP contribution in [-0.4, -0.2) is 41.8 Å². The molecule has 0 aromatic heterocycles. The molecule has 0 bridgehead atoms. The van der Waals surface area contributed by atoms with E-state index < -0.39 is 18.4 Å². The maximum absolute atomic E-state index is 13.2. The van der Waals surface area contributed by atoms with Crippen molar-refractivity contribution in [3.8, 4) is 0 Å². The maximum atomic E-state index is 13.2. The van der Waals surface area contributed by atoms with Crippen molar-refractivity contribution in [3.05, 3.63) is 0 Å². The van der Waals surface area contributed by atoms with Crippen LogP contribution in [0.15, 0.2) is 0 Å². The standard InChI is InChI=1S/C9H15F2NOS/c1-7-3-4-12(6-9(7,10)11)8(13)5-14-2/h7H,3-6H2,1-2H3/t7-/m1/s1. The lowest BCUT2D eigenvalue weighted by Gasteiger charge is -2.36. The Morgan fingerprint density at radius 1 is 1.64 bits per heavy atom. The Morgan fingerprint density at radius 2 is 2.29 bits per heavy atom. The fraction of sp³-hybridized carbons (Fsp3) is 0.889. The monoisotopic (exact) mass is 223 g/mol. The number of carbonyl (C=O) groups is 1. The number of thioether (sulfide) groups is 1. The average molecular weight is 223 g/mol. The van der Waals surface area contributed by atoms with Crippen LogP contribution < -0.4 is 0 Å². The van der Waals surface area contributed by atoms with E-state index in [1.165, 1.54) is 23.6 Å². The largest absolute Gasteiger partial charge is 0.336 e. The molecule has 1 saturated heterocycles. The van der Waals surface area contributed by atoms with E-state index in [1.807, 2.05) is 0 Å². The minimum Gasteiger partial charge on any atom is -0.336 e. The van der Waals surface area contributed by atoms with Crippen LogP contribution in [0.1, 0.15) is 13.3 Å². The SMILES string of the molecule is CSCC(=O)N1CC[C@@H](C)C(F)(F)C1. The summed E-state index contributed by atoms with van der Waals surface area (Å²) in [5, 5.41) is 0. The predicted molar refractivity (Wildman–Crippen MR) is 53.7 cm³/mol. The lowest BCUT2D eigenvalue weighted by atomic mass is 9.95. The first-order valence-corrected chi connectivity index (χ1v) is 6.01. The van der Waals surface area contributed by atoms with E-state index in [2.05, 4.69) is 0 Å². The second-order valence-corrected chi connectivity index (χ2v) is 4.57. The molecule has 0 spiro atoms. The van der Waals surface area contributed by atoms with Crippen molar-refractivity contribution >= 4 is 17.7 Å². The zero-order valence-electron chi connectivity index (χ0n) is 8.43. The number of carbonyl (C=O) groups excluding carboxylic acids is 1. The summed E-state index contributed by atoms with van der Waals surface area (Å²) in [6.07, 6.45) is 2.19. The van der Waals surface area contributed by atoms with Crippen molar-refractivity contribution in [2.24, 2.45) is 5.92 Å². The van der Waals surface area contributed by atoms with Gasteiger partial charge >= 0.3 is 0 Å². The molecule has 1 aliphatic rings. The summed E-state index contributed by atoms with van der Waals surface area (Å²) < 4.78 is 26.5. The zero-order valence-corrected chi connectivity index (χ0v) is 9.24. The summed E-state index contributed by atoms with van der Waals surface area (Å²) in [6, 6.07) is 0. The number of hydrogen-bond donors (Lipinski definition) is 0. The molecule has 5 heteroatoms. The lowest BCUT2D eigenvalue weighted by Crippen LogP contribution is -2.50. The van der Waals surface area contributed by atoms with Crippen LogP contribution in [0, 0.1) is 5.92 Å². The molecule has 82 valence electrons. The predicted octanol–water partition coefficient (Wildman–Crippen LogP) is 1.85. The molecule has 1 amide bonds. The Hall–Kier alpha value is -0.320. The van der Waals surface area contributed by atoms with Crippen LogP contribution >= 0.6 is 11.8 Å². The molecule has 14 heavy (non-hydrogen) atoms. The van der Waals surface area contributed by atoms with Crippen LogP contribution in [0.4, 0.5) is 8.78 Å². The van der Waals surface area contributed by atoms with Gasteiger partial charge in [-0.05, 0) is 12.7 Å². The van der Waals surface area contributed by atoms with Crippen molar-refractivity contribution in [2.45, 2.75) is 19.3 Å². The van der Waals surface area contributed by atoms with E-state index >= 15 is 0 Å². The number of alkyl halides is 2. The maximum Gasteiger partial charge on any atom is 0.267 e. The van der Waals surface area contributed by atoms with E-state index in [1.54, 1.807) is 6.26 Å². The summed E-state index contributed by atoms with van der Waals surface area (Å²) >= 11 is 1.37. The number of piperidine rings is 1. The molecule has 1 aliphatic heterocycles. The fourth-order valence-corrected chi connectivity index (χ4v) is 1.91. The second-order valence-electron chi connectivity index (χ2n) is 3.70. The van der Waals surface area contributed by atoms with Crippen molar-refractivity contribution in [3.63, 3.8) is 0 Å². The van der Waals surface area contributed by atoms with E-state index in [9.17, 15) is 13.6 Å². The highest BCUT2D eigenvalue weighted by Gasteiger charge is 2.42. The molecule has 0 aliphatic carbocycles. The van der Waals surface area contributed by atoms with Crippen LogP contribution in [0.2, 0.25) is 0 Å². The van der Waals surface area contributed by atoms with Gasteiger partial charge in [0, 0.05) is 12.5 Å². The Bertz CT molecular complexity index is 223. The highest BCUT2D eigenvalue weighted by Crippen LogP contribution is 2.32. The number of likely N-dealkylation sites (tertiary alicyclic amines) is 1. The summed E-state index contributed by atoms with van der Waals surface area (Å²) in [7, 11) is 0. The fourth-order valence-electron chi connectivity index (χ4n) is 1.48. The average Bonchev–Trinajstić information content (AvgIpc) is 2.10. The van der Waals surface area contributed by atoms with Crippen molar-refractivity contribution in [2.75, 3.05) is 25.1 Å². The van der Waals surface area contributed by atoms with Gasteiger partial charge in [-0.15, -0.1) is 0 Å². The molecule has 0 aromatic carbocycles. The lowest BCUT2D eigenvalue weighted by molar-refractivity contribution is -0.146. The third-order valence-electron chi connectivity index (χ3n) is 2.58. The molecular formula is C9H15F2NOS. The summed E-state index contributed by atoms with van der Waals surface area (Å²) in [5.41, 5.74) is 0. The second kappa shape index (κ2) is 4.47. The quantitative estimate of drug-likeness (QED) is 0.712. The van der Waals surface area contributed by atoms with E-state index in [0.29, 0.717) is 18.7 Å². The van der Waals surface area contributed by atoms with Gasteiger partial charge in [-0.25, -0.2) is 8.78 Å². The third-order valence-corrected chi connectivity index (χ3v) is 3.11. The summed E-state index contributed by atoms with van der Waals surface area (Å²) in [5.74, 6) is -3.21. The molecule has 2 nitrogen and oxygen atoms in total. The van der Waals surface area contributed by atoms with Crippen molar-refractivity contribution in [1.82, 2.24) is 4.90 Å². The topological polar surface area (TPSA) is 20.3 Å². The zero-order chi connectivity index (χ0) is 10.8. The minimum absolute atomic E-state index is 0.177. The Kier molecular flexibility index (Phi) is 3.75. The van der Waals surface area contributed by atoms with Crippen LogP contribution in [0.25, 0.3) is 0 Å². The first kappa shape index (κ1) is 11.8. The smallest absolute Gasteiger partial charge is 0.267 e. The number of halogens is 2. The highest BCUT2D eigenvalue weighted by atomic mass is 32.2. The molecule has 0 unspecified atom stereocenters. The van der Waals surface area contributed by atoms with Crippen molar-refractivity contribution in [1.29, 1.82) is 0 Å². The minimum atomic E-state index is -2.72. The highest BCUT2D eigenvalue weighted by molar-refractivity contribution is 7.99. The van der Waals surface area contributed by atoms with Gasteiger partial charge in [-0.2, -0.15) is 11.8 Å². The van der Waals surface area contributed by atoms with E-state index in [-0.39, 0.29) is 5.91 Å². The molecule has 1 heterocycles. The van der Waals surface area contributed by atoms with Gasteiger partial charge in [-0.3, -0.25) is 4.79 Å². The molecule has 1 atom stereocenters. The summed E-state index contributed by atoms with van der Waals surface area (Å²) in [4.78, 5) is 12.6. The normalized spacial score (nSPS) is 26.3. The Morgan fingerprint density at radius 3 is 2.79 bits per heavy atom. The van der Waals surface area contributed by atoms with Crippen LogP contribution in [0.3, 0.4) is 0 Å². The third kappa shape index (κ3) is 2.59. The Balaban J connectivity index is 2.55. The number of rotatable bonds is 2. The molecule has 1 rings (SSSR count). The number of amides is 1. The van der Waals surface area contributed by atoms with Gasteiger partial charge < -0.3 is 4.90 Å². The summed E-state index contributed by atoms with van der Waals surface area (Å²) in [6.45, 7) is 1.60. The molecule has 0 N–H and O–H groups in total. The molecule has 0 saturated carbocycles. The van der Waals surface area contributed by atoms with E-state index in [4.69, 9.17) is 0 Å². The van der Waals surface area contributed by atoms with Gasteiger partial charge in [0.05, 0.1) is 12.3 Å². The van der Waals surface area contributed by atoms with Crippen LogP contribution in [-0.2, 0) is 4.79 Å². The van der Waals surface area contributed by atoms with Crippen molar-refractivity contribution < 1.29 is 13.6 Å². The van der Waals surface area contributed by atoms with Gasteiger partial charge in [0.15, 0.2) is 0 Å². The van der Waals surface area contributed by atoms with E-state index in [0.717, 1.165) is 0 Å². The number of hydrogen-bond acceptors (Lipinski definition) is 2. The van der Waals surface area contributed by atoms with Gasteiger partial charge in [0.1, 0.15) is 0 Å². The van der Waals surface area contributed by atoms with Crippen LogP contribution in [0.5, 0.6) is 0 Å². The van der Waals surface area contributed by atoms with Gasteiger partial charge in [0.25, 0.3) is 5.92 Å². The molecule has 0 radical (unpaired) electrons. The van der Waals surface area contributed by atoms with Gasteiger partial charge in [0.2, 0.25) is 5.91 Å². The molecular weight excluding hydrogens is 208 g/mol. The molecule has 1 fully saturated rings.